The van der Waals surface area contributed by atoms with E-state index in [4.69, 9.17) is 33.2 Å². The molecule has 0 aliphatic rings. The van der Waals surface area contributed by atoms with E-state index in [2.05, 4.69) is 0 Å². The Balaban J connectivity index is 1.79. The lowest BCUT2D eigenvalue weighted by Crippen LogP contribution is -2.24. The van der Waals surface area contributed by atoms with Gasteiger partial charge in [0.15, 0.2) is 0 Å². The normalized spacial score (nSPS) is 11.3. The van der Waals surface area contributed by atoms with Crippen LogP contribution >= 0.6 is 0 Å². The molecular weight excluding hydrogens is 460 g/mol. The van der Waals surface area contributed by atoms with E-state index in [-0.39, 0.29) is 25.6 Å². The molecule has 198 valence electrons. The Bertz CT molecular complexity index is 715. The molecule has 0 saturated heterocycles. The molecule has 0 amide bonds. The molecule has 0 radical (unpaired) electrons. The second-order valence-corrected chi connectivity index (χ2v) is 8.23. The first-order valence-corrected chi connectivity index (χ1v) is 11.7. The fraction of sp³-hybridized carbons (Fsp3) is 0.640. The van der Waals surface area contributed by atoms with Crippen molar-refractivity contribution in [3.8, 4) is 0 Å². The van der Waals surface area contributed by atoms with Gasteiger partial charge in [-0.25, -0.2) is 4.79 Å². The van der Waals surface area contributed by atoms with Crippen molar-refractivity contribution < 1.29 is 47.5 Å². The Morgan fingerprint density at radius 2 is 1.06 bits per heavy atom. The molecule has 0 aliphatic carbocycles. The van der Waals surface area contributed by atoms with Crippen molar-refractivity contribution in [1.82, 2.24) is 0 Å². The molecule has 0 saturated carbocycles. The number of carbonyl (C=O) groups excluding carboxylic acids is 3. The van der Waals surface area contributed by atoms with Crippen LogP contribution in [0, 0.1) is 0 Å². The summed E-state index contributed by atoms with van der Waals surface area (Å²) in [6.07, 6.45) is 0.217. The summed E-state index contributed by atoms with van der Waals surface area (Å²) < 4.78 is 36.8. The number of hydrogen-bond acceptors (Lipinski definition) is 10. The summed E-state index contributed by atoms with van der Waals surface area (Å²) in [7, 11) is 0. The molecule has 1 aromatic carbocycles. The Labute approximate surface area is 207 Å². The first-order valence-electron chi connectivity index (χ1n) is 11.7. The number of rotatable bonds is 20. The van der Waals surface area contributed by atoms with Gasteiger partial charge in [0, 0.05) is 5.56 Å². The molecule has 1 rings (SSSR count). The minimum Gasteiger partial charge on any atom is -0.460 e. The molecule has 0 atom stereocenters. The van der Waals surface area contributed by atoms with Crippen LogP contribution < -0.4 is 0 Å². The van der Waals surface area contributed by atoms with Crippen molar-refractivity contribution in [2.45, 2.75) is 32.8 Å². The summed E-state index contributed by atoms with van der Waals surface area (Å²) in [4.78, 5) is 35.0. The lowest BCUT2D eigenvalue weighted by Gasteiger charge is -2.19. The molecule has 0 heterocycles. The third-order valence-electron chi connectivity index (χ3n) is 4.04. The third-order valence-corrected chi connectivity index (χ3v) is 4.04. The van der Waals surface area contributed by atoms with Crippen molar-refractivity contribution in [3.05, 3.63) is 35.9 Å². The highest BCUT2D eigenvalue weighted by Gasteiger charge is 2.17. The maximum absolute atomic E-state index is 11.8. The highest BCUT2D eigenvalue weighted by atomic mass is 16.6. The molecule has 35 heavy (non-hydrogen) atoms. The number of esters is 2. The second kappa shape index (κ2) is 18.9. The first-order chi connectivity index (χ1) is 16.8. The molecule has 0 spiro atoms. The molecule has 0 aromatic heterocycles. The standard InChI is InChI=1S/C25H38O10/c1-25(2,3)35-22(26)9-10-29-11-12-30-13-14-31-15-16-32-17-18-33-19-20-34-24(28)23(27)21-7-5-4-6-8-21/h4-8H,9-20H2,1-3H3. The molecule has 0 aliphatic heterocycles. The zero-order chi connectivity index (χ0) is 25.8. The van der Waals surface area contributed by atoms with Crippen molar-refractivity contribution in [2.75, 3.05) is 72.7 Å². The molecule has 1 aromatic rings. The van der Waals surface area contributed by atoms with Gasteiger partial charge in [-0.2, -0.15) is 0 Å². The first kappa shape index (κ1) is 30.7. The van der Waals surface area contributed by atoms with Gasteiger partial charge in [0.05, 0.1) is 72.5 Å². The lowest BCUT2D eigenvalue weighted by atomic mass is 10.1. The number of ketones is 1. The van der Waals surface area contributed by atoms with E-state index in [1.807, 2.05) is 20.8 Å². The number of benzene rings is 1. The summed E-state index contributed by atoms with van der Waals surface area (Å²) >= 11 is 0. The molecule has 0 bridgehead atoms. The number of carbonyl (C=O) groups is 3. The van der Waals surface area contributed by atoms with E-state index < -0.39 is 17.4 Å². The summed E-state index contributed by atoms with van der Waals surface area (Å²) in [5.74, 6) is -1.86. The predicted molar refractivity (Wildman–Crippen MR) is 126 cm³/mol. The Morgan fingerprint density at radius 1 is 0.629 bits per heavy atom. The highest BCUT2D eigenvalue weighted by Crippen LogP contribution is 2.08. The molecule has 10 nitrogen and oxygen atoms in total. The summed E-state index contributed by atoms with van der Waals surface area (Å²) in [6.45, 7) is 9.18. The highest BCUT2D eigenvalue weighted by molar-refractivity contribution is 6.40. The van der Waals surface area contributed by atoms with Gasteiger partial charge in [0.25, 0.3) is 5.78 Å². The van der Waals surface area contributed by atoms with Crippen molar-refractivity contribution in [1.29, 1.82) is 0 Å². The average Bonchev–Trinajstić information content (AvgIpc) is 2.82. The van der Waals surface area contributed by atoms with E-state index in [0.717, 1.165) is 0 Å². The number of ether oxygens (including phenoxy) is 7. The summed E-state index contributed by atoms with van der Waals surface area (Å²) in [5.41, 5.74) is -0.189. The van der Waals surface area contributed by atoms with Crippen LogP contribution in [-0.4, -0.2) is 96.0 Å². The maximum atomic E-state index is 11.8. The molecule has 0 fully saturated rings. The van der Waals surface area contributed by atoms with Crippen molar-refractivity contribution >= 4 is 17.7 Å². The minimum absolute atomic E-state index is 0.00466. The van der Waals surface area contributed by atoms with Crippen LogP contribution in [0.15, 0.2) is 30.3 Å². The number of hydrogen-bond donors (Lipinski definition) is 0. The Kier molecular flexibility index (Phi) is 16.6. The molecule has 0 unspecified atom stereocenters. The SMILES string of the molecule is CC(C)(C)OC(=O)CCOCCOCCOCCOCCOCCOC(=O)C(=O)c1ccccc1. The van der Waals surface area contributed by atoms with Crippen LogP contribution in [0.5, 0.6) is 0 Å². The second-order valence-electron chi connectivity index (χ2n) is 8.23. The maximum Gasteiger partial charge on any atom is 0.379 e. The summed E-state index contributed by atoms with van der Waals surface area (Å²) in [6, 6.07) is 8.23. The van der Waals surface area contributed by atoms with E-state index in [9.17, 15) is 14.4 Å². The zero-order valence-electron chi connectivity index (χ0n) is 21.0. The molecule has 0 N–H and O–H groups in total. The number of Topliss-reactive ketones (excluding diaryl/α,β-unsaturated/α-hetero) is 1. The van der Waals surface area contributed by atoms with Gasteiger partial charge in [-0.1, -0.05) is 30.3 Å². The van der Waals surface area contributed by atoms with Crippen molar-refractivity contribution in [3.63, 3.8) is 0 Å². The van der Waals surface area contributed by atoms with Crippen LogP contribution in [0.3, 0.4) is 0 Å². The molecule has 10 heteroatoms. The van der Waals surface area contributed by atoms with Crippen LogP contribution in [0.2, 0.25) is 0 Å². The lowest BCUT2D eigenvalue weighted by molar-refractivity contribution is -0.156. The van der Waals surface area contributed by atoms with Crippen LogP contribution in [0.25, 0.3) is 0 Å². The fourth-order valence-corrected chi connectivity index (χ4v) is 2.50. The Hall–Kier alpha value is -2.37. The average molecular weight is 499 g/mol. The quantitative estimate of drug-likeness (QED) is 0.115. The topological polar surface area (TPSA) is 116 Å². The largest absolute Gasteiger partial charge is 0.460 e. The van der Waals surface area contributed by atoms with E-state index in [1.165, 1.54) is 0 Å². The van der Waals surface area contributed by atoms with E-state index in [1.54, 1.807) is 30.3 Å². The van der Waals surface area contributed by atoms with Gasteiger partial charge in [-0.15, -0.1) is 0 Å². The van der Waals surface area contributed by atoms with Crippen LogP contribution in [0.4, 0.5) is 0 Å². The zero-order valence-corrected chi connectivity index (χ0v) is 21.0. The van der Waals surface area contributed by atoms with E-state index in [0.29, 0.717) is 65.0 Å². The fourth-order valence-electron chi connectivity index (χ4n) is 2.50. The van der Waals surface area contributed by atoms with Gasteiger partial charge in [0.2, 0.25) is 0 Å². The smallest absolute Gasteiger partial charge is 0.379 e. The monoisotopic (exact) mass is 498 g/mol. The van der Waals surface area contributed by atoms with Crippen molar-refractivity contribution in [2.24, 2.45) is 0 Å². The van der Waals surface area contributed by atoms with Gasteiger partial charge in [-0.05, 0) is 20.8 Å². The van der Waals surface area contributed by atoms with Gasteiger partial charge < -0.3 is 33.2 Å². The molecular formula is C25H38O10. The van der Waals surface area contributed by atoms with E-state index >= 15 is 0 Å². The van der Waals surface area contributed by atoms with Crippen LogP contribution in [-0.2, 0) is 42.7 Å². The Morgan fingerprint density at radius 3 is 1.51 bits per heavy atom. The summed E-state index contributed by atoms with van der Waals surface area (Å²) in [5, 5.41) is 0. The van der Waals surface area contributed by atoms with Gasteiger partial charge in [-0.3, -0.25) is 9.59 Å². The third kappa shape index (κ3) is 17.7. The minimum atomic E-state index is -0.900. The van der Waals surface area contributed by atoms with Gasteiger partial charge in [0.1, 0.15) is 12.2 Å². The van der Waals surface area contributed by atoms with Gasteiger partial charge >= 0.3 is 11.9 Å². The predicted octanol–water partition coefficient (Wildman–Crippen LogP) is 2.23. The van der Waals surface area contributed by atoms with Crippen LogP contribution in [0.1, 0.15) is 37.6 Å².